The van der Waals surface area contributed by atoms with Gasteiger partial charge in [-0.25, -0.2) is 4.98 Å². The molecule has 9 rings (SSSR count). The molecule has 6 aromatic carbocycles. The predicted molar refractivity (Wildman–Crippen MR) is 198 cm³/mol. The van der Waals surface area contributed by atoms with Crippen LogP contribution >= 0.6 is 0 Å². The summed E-state index contributed by atoms with van der Waals surface area (Å²) in [7, 11) is 0. The molecule has 5 nitrogen and oxygen atoms in total. The van der Waals surface area contributed by atoms with Crippen LogP contribution in [0.5, 0.6) is 0 Å². The molecule has 0 bridgehead atoms. The van der Waals surface area contributed by atoms with Gasteiger partial charge in [-0.3, -0.25) is 4.57 Å². The lowest BCUT2D eigenvalue weighted by Crippen LogP contribution is -2.10. The van der Waals surface area contributed by atoms with Gasteiger partial charge in [0, 0.05) is 32.7 Å². The lowest BCUT2D eigenvalue weighted by Gasteiger charge is -2.19. The van der Waals surface area contributed by atoms with E-state index in [1.807, 2.05) is 18.2 Å². The van der Waals surface area contributed by atoms with Gasteiger partial charge in [0.05, 0.1) is 27.8 Å². The smallest absolute Gasteiger partial charge is 0.238 e. The van der Waals surface area contributed by atoms with Crippen molar-refractivity contribution in [2.24, 2.45) is 0 Å². The Kier molecular flexibility index (Phi) is 6.31. The number of hydrogen-bond donors (Lipinski definition) is 0. The molecular formula is C43H33N5. The first-order valence-corrected chi connectivity index (χ1v) is 16.4. The summed E-state index contributed by atoms with van der Waals surface area (Å²) in [5.74, 6) is 1.83. The summed E-state index contributed by atoms with van der Waals surface area (Å²) in [6.07, 6.45) is 0. The Morgan fingerprint density at radius 1 is 0.438 bits per heavy atom. The lowest BCUT2D eigenvalue weighted by atomic mass is 9.86. The fraction of sp³-hybridized carbons (Fsp3) is 0.0930. The molecule has 0 fully saturated rings. The van der Waals surface area contributed by atoms with Gasteiger partial charge in [-0.2, -0.15) is 9.97 Å². The molecule has 3 heterocycles. The summed E-state index contributed by atoms with van der Waals surface area (Å²) < 4.78 is 4.53. The van der Waals surface area contributed by atoms with Crippen LogP contribution in [0.1, 0.15) is 26.3 Å². The van der Waals surface area contributed by atoms with Crippen LogP contribution in [0.3, 0.4) is 0 Å². The van der Waals surface area contributed by atoms with E-state index in [1.54, 1.807) is 0 Å². The van der Waals surface area contributed by atoms with E-state index in [0.29, 0.717) is 17.6 Å². The van der Waals surface area contributed by atoms with Crippen LogP contribution in [0.2, 0.25) is 0 Å². The first kappa shape index (κ1) is 28.2. The van der Waals surface area contributed by atoms with Crippen molar-refractivity contribution < 1.29 is 0 Å². The van der Waals surface area contributed by atoms with E-state index in [2.05, 4.69) is 157 Å². The van der Waals surface area contributed by atoms with Gasteiger partial charge in [0.2, 0.25) is 5.95 Å². The number of para-hydroxylation sites is 4. The molecule has 0 unspecified atom stereocenters. The second-order valence-corrected chi connectivity index (χ2v) is 13.4. The molecule has 0 aliphatic rings. The molecule has 0 amide bonds. The fourth-order valence-corrected chi connectivity index (χ4v) is 7.00. The minimum absolute atomic E-state index is 0.0389. The van der Waals surface area contributed by atoms with Crippen LogP contribution in [-0.2, 0) is 5.41 Å². The number of nitrogens with zero attached hydrogens (tertiary/aromatic N) is 5. The Morgan fingerprint density at radius 3 is 1.62 bits per heavy atom. The highest BCUT2D eigenvalue weighted by atomic mass is 15.2. The van der Waals surface area contributed by atoms with E-state index in [9.17, 15) is 0 Å². The van der Waals surface area contributed by atoms with Crippen LogP contribution in [0.4, 0.5) is 0 Å². The summed E-state index contributed by atoms with van der Waals surface area (Å²) in [4.78, 5) is 15.6. The average molecular weight is 620 g/mol. The molecule has 0 aliphatic heterocycles. The topological polar surface area (TPSA) is 48.5 Å². The van der Waals surface area contributed by atoms with E-state index in [1.165, 1.54) is 16.3 Å². The Labute approximate surface area is 278 Å². The minimum atomic E-state index is 0.0389. The van der Waals surface area contributed by atoms with Crippen molar-refractivity contribution in [2.45, 2.75) is 26.2 Å². The molecular weight excluding hydrogens is 587 g/mol. The van der Waals surface area contributed by atoms with Crippen molar-refractivity contribution in [1.82, 2.24) is 24.1 Å². The monoisotopic (exact) mass is 619 g/mol. The third-order valence-electron chi connectivity index (χ3n) is 9.36. The standard InChI is InChI=1S/C43H33N5/c1-43(2,3)29-25-26-39-34(27-29)32-19-9-11-21-35(32)47(39)38-24-14-10-20-33(38)41-44-40(28-15-5-4-6-16-28)45-42(46-41)48-36-22-12-7-17-30(36)31-18-8-13-23-37(31)48/h4-27H,1-3H3. The number of aromatic nitrogens is 5. The summed E-state index contributed by atoms with van der Waals surface area (Å²) in [6, 6.07) is 51.1. The molecule has 0 aliphatic carbocycles. The summed E-state index contributed by atoms with van der Waals surface area (Å²) in [5, 5.41) is 4.78. The second kappa shape index (κ2) is 10.7. The third-order valence-corrected chi connectivity index (χ3v) is 9.36. The average Bonchev–Trinajstić information content (AvgIpc) is 3.64. The summed E-state index contributed by atoms with van der Waals surface area (Å²) in [6.45, 7) is 6.80. The zero-order chi connectivity index (χ0) is 32.4. The zero-order valence-electron chi connectivity index (χ0n) is 27.1. The Morgan fingerprint density at radius 2 is 0.958 bits per heavy atom. The van der Waals surface area contributed by atoms with Crippen LogP contribution in [-0.4, -0.2) is 24.1 Å². The minimum Gasteiger partial charge on any atom is -0.309 e. The molecule has 0 atom stereocenters. The molecule has 0 saturated heterocycles. The van der Waals surface area contributed by atoms with E-state index in [4.69, 9.17) is 15.0 Å². The van der Waals surface area contributed by atoms with Gasteiger partial charge in [-0.05, 0) is 53.4 Å². The molecule has 0 saturated carbocycles. The van der Waals surface area contributed by atoms with Crippen LogP contribution < -0.4 is 0 Å². The van der Waals surface area contributed by atoms with Crippen LogP contribution in [0.25, 0.3) is 78.0 Å². The maximum atomic E-state index is 5.28. The highest BCUT2D eigenvalue weighted by Crippen LogP contribution is 2.38. The van der Waals surface area contributed by atoms with Gasteiger partial charge in [-0.1, -0.05) is 124 Å². The van der Waals surface area contributed by atoms with E-state index >= 15 is 0 Å². The van der Waals surface area contributed by atoms with Gasteiger partial charge in [-0.15, -0.1) is 0 Å². The molecule has 5 heteroatoms. The number of fused-ring (bicyclic) bond motifs is 6. The third kappa shape index (κ3) is 4.43. The number of rotatable bonds is 4. The highest BCUT2D eigenvalue weighted by Gasteiger charge is 2.22. The van der Waals surface area contributed by atoms with Gasteiger partial charge in [0.15, 0.2) is 11.6 Å². The van der Waals surface area contributed by atoms with Crippen molar-refractivity contribution in [3.05, 3.63) is 151 Å². The fourth-order valence-electron chi connectivity index (χ4n) is 7.00. The molecule has 48 heavy (non-hydrogen) atoms. The molecule has 3 aromatic heterocycles. The van der Waals surface area contributed by atoms with Crippen molar-refractivity contribution in [2.75, 3.05) is 0 Å². The Hall–Kier alpha value is -6.07. The number of hydrogen-bond acceptors (Lipinski definition) is 3. The zero-order valence-corrected chi connectivity index (χ0v) is 27.1. The quantitative estimate of drug-likeness (QED) is 0.197. The van der Waals surface area contributed by atoms with Crippen molar-refractivity contribution in [3.8, 4) is 34.4 Å². The summed E-state index contributed by atoms with van der Waals surface area (Å²) >= 11 is 0. The van der Waals surface area contributed by atoms with E-state index in [0.717, 1.165) is 49.7 Å². The molecule has 0 N–H and O–H groups in total. The molecule has 230 valence electrons. The van der Waals surface area contributed by atoms with Crippen molar-refractivity contribution in [1.29, 1.82) is 0 Å². The Bertz CT molecular complexity index is 2600. The molecule has 9 aromatic rings. The van der Waals surface area contributed by atoms with Gasteiger partial charge >= 0.3 is 0 Å². The predicted octanol–water partition coefficient (Wildman–Crippen LogP) is 10.7. The molecule has 0 radical (unpaired) electrons. The number of benzene rings is 6. The van der Waals surface area contributed by atoms with E-state index < -0.39 is 0 Å². The lowest BCUT2D eigenvalue weighted by molar-refractivity contribution is 0.591. The van der Waals surface area contributed by atoms with Crippen molar-refractivity contribution in [3.63, 3.8) is 0 Å². The summed E-state index contributed by atoms with van der Waals surface area (Å²) in [5.41, 5.74) is 8.64. The SMILES string of the molecule is CC(C)(C)c1ccc2c(c1)c1ccccc1n2-c1ccccc1-c1nc(-c2ccccc2)nc(-n2c3ccccc3c3ccccc32)n1. The maximum absolute atomic E-state index is 5.28. The largest absolute Gasteiger partial charge is 0.309 e. The van der Waals surface area contributed by atoms with Gasteiger partial charge in [0.25, 0.3) is 0 Å². The van der Waals surface area contributed by atoms with Crippen LogP contribution in [0, 0.1) is 0 Å². The van der Waals surface area contributed by atoms with E-state index in [-0.39, 0.29) is 5.41 Å². The Balaban J connectivity index is 1.34. The normalized spacial score (nSPS) is 12.1. The molecule has 0 spiro atoms. The van der Waals surface area contributed by atoms with Crippen LogP contribution in [0.15, 0.2) is 146 Å². The highest BCUT2D eigenvalue weighted by molar-refractivity contribution is 6.10. The van der Waals surface area contributed by atoms with Gasteiger partial charge in [0.1, 0.15) is 0 Å². The first-order chi connectivity index (χ1) is 23.5. The van der Waals surface area contributed by atoms with Gasteiger partial charge < -0.3 is 4.57 Å². The first-order valence-electron chi connectivity index (χ1n) is 16.4. The second-order valence-electron chi connectivity index (χ2n) is 13.4. The van der Waals surface area contributed by atoms with Crippen molar-refractivity contribution >= 4 is 43.6 Å². The maximum Gasteiger partial charge on any atom is 0.238 e.